The van der Waals surface area contributed by atoms with Crippen molar-refractivity contribution in [3.05, 3.63) is 28.3 Å². The fourth-order valence-corrected chi connectivity index (χ4v) is 4.00. The first-order valence-corrected chi connectivity index (χ1v) is 9.46. The van der Waals surface area contributed by atoms with Gasteiger partial charge in [-0.15, -0.1) is 0 Å². The summed E-state index contributed by atoms with van der Waals surface area (Å²) in [4.78, 5) is 14.9. The van der Waals surface area contributed by atoms with Gasteiger partial charge in [0.05, 0.1) is 16.4 Å². The van der Waals surface area contributed by atoms with Crippen LogP contribution in [-0.4, -0.2) is 71.2 Å². The summed E-state index contributed by atoms with van der Waals surface area (Å²) in [6.45, 7) is 4.79. The van der Waals surface area contributed by atoms with Crippen molar-refractivity contribution in [2.45, 2.75) is 17.9 Å². The number of sulfonamides is 1. The number of ether oxygens (including phenoxy) is 1. The van der Waals surface area contributed by atoms with E-state index in [1.807, 2.05) is 11.9 Å². The molecule has 1 aromatic carbocycles. The number of anilines is 1. The lowest BCUT2D eigenvalue weighted by Crippen LogP contribution is -2.44. The number of nitro groups is 1. The molecule has 1 atom stereocenters. The summed E-state index contributed by atoms with van der Waals surface area (Å²) >= 11 is 0. The highest BCUT2D eigenvalue weighted by molar-refractivity contribution is 7.89. The molecule has 1 fully saturated rings. The van der Waals surface area contributed by atoms with E-state index in [2.05, 4.69) is 9.62 Å². The first kappa shape index (κ1) is 19.6. The molecule has 0 bridgehead atoms. The number of nitrogens with zero attached hydrogens (tertiary/aromatic N) is 3. The van der Waals surface area contributed by atoms with Gasteiger partial charge in [0.15, 0.2) is 0 Å². The van der Waals surface area contributed by atoms with Crippen molar-refractivity contribution in [2.75, 3.05) is 51.8 Å². The fraction of sp³-hybridized carbons (Fsp3) is 0.600. The van der Waals surface area contributed by atoms with Gasteiger partial charge in [0.25, 0.3) is 5.69 Å². The van der Waals surface area contributed by atoms with Crippen LogP contribution < -0.4 is 9.62 Å². The SMILES string of the molecule is COC[C@@H](C)NS(=O)(=O)c1ccc(N2CCN(C)CC2)c([N+](=O)[O-])c1. The normalized spacial score (nSPS) is 17.5. The summed E-state index contributed by atoms with van der Waals surface area (Å²) < 4.78 is 32.2. The summed E-state index contributed by atoms with van der Waals surface area (Å²) in [7, 11) is -0.388. The number of hydrogen-bond acceptors (Lipinski definition) is 7. The zero-order valence-corrected chi connectivity index (χ0v) is 15.5. The van der Waals surface area contributed by atoms with Gasteiger partial charge in [0.2, 0.25) is 10.0 Å². The molecule has 2 rings (SSSR count). The monoisotopic (exact) mass is 372 g/mol. The van der Waals surface area contributed by atoms with E-state index in [9.17, 15) is 18.5 Å². The molecule has 1 heterocycles. The van der Waals surface area contributed by atoms with E-state index in [4.69, 9.17) is 4.74 Å². The Morgan fingerprint density at radius 2 is 1.96 bits per heavy atom. The molecule has 9 nitrogen and oxygen atoms in total. The number of rotatable bonds is 7. The standard InChI is InChI=1S/C15H24N4O5S/c1-12(11-24-3)16-25(22,23)13-4-5-14(15(10-13)19(20)21)18-8-6-17(2)7-9-18/h4-5,10,12,16H,6-9,11H2,1-3H3/t12-/m1/s1. The molecular formula is C15H24N4O5S. The van der Waals surface area contributed by atoms with E-state index >= 15 is 0 Å². The molecule has 1 aliphatic rings. The van der Waals surface area contributed by atoms with Crippen LogP contribution in [0, 0.1) is 10.1 Å². The fourth-order valence-electron chi connectivity index (χ4n) is 2.75. The number of piperazine rings is 1. The molecule has 1 aromatic rings. The lowest BCUT2D eigenvalue weighted by molar-refractivity contribution is -0.384. The van der Waals surface area contributed by atoms with Crippen LogP contribution in [0.15, 0.2) is 23.1 Å². The smallest absolute Gasteiger partial charge is 0.293 e. The summed E-state index contributed by atoms with van der Waals surface area (Å²) in [5.41, 5.74) is 0.244. The Kier molecular flexibility index (Phi) is 6.33. The van der Waals surface area contributed by atoms with E-state index in [1.165, 1.54) is 19.2 Å². The molecule has 0 radical (unpaired) electrons. The third-order valence-corrected chi connectivity index (χ3v) is 5.66. The predicted molar refractivity (Wildman–Crippen MR) is 94.5 cm³/mol. The van der Waals surface area contributed by atoms with Crippen LogP contribution in [0.1, 0.15) is 6.92 Å². The molecule has 0 spiro atoms. The molecule has 0 amide bonds. The first-order valence-electron chi connectivity index (χ1n) is 7.98. The van der Waals surface area contributed by atoms with Crippen molar-refractivity contribution < 1.29 is 18.1 Å². The van der Waals surface area contributed by atoms with Crippen molar-refractivity contribution >= 4 is 21.4 Å². The van der Waals surface area contributed by atoms with Crippen molar-refractivity contribution in [1.29, 1.82) is 0 Å². The summed E-state index contributed by atoms with van der Waals surface area (Å²) in [6, 6.07) is 3.60. The Morgan fingerprint density at radius 3 is 2.52 bits per heavy atom. The van der Waals surface area contributed by atoms with Crippen LogP contribution in [0.3, 0.4) is 0 Å². The molecule has 1 N–H and O–H groups in total. The van der Waals surface area contributed by atoms with Crippen LogP contribution in [0.4, 0.5) is 11.4 Å². The maximum absolute atomic E-state index is 12.4. The van der Waals surface area contributed by atoms with Crippen molar-refractivity contribution in [1.82, 2.24) is 9.62 Å². The molecule has 1 saturated heterocycles. The summed E-state index contributed by atoms with van der Waals surface area (Å²) in [6.07, 6.45) is 0. The van der Waals surface area contributed by atoms with Crippen LogP contribution in [0.25, 0.3) is 0 Å². The van der Waals surface area contributed by atoms with Gasteiger partial charge in [-0.25, -0.2) is 13.1 Å². The largest absolute Gasteiger partial charge is 0.383 e. The lowest BCUT2D eigenvalue weighted by Gasteiger charge is -2.33. The zero-order chi connectivity index (χ0) is 18.6. The van der Waals surface area contributed by atoms with Crippen molar-refractivity contribution in [3.8, 4) is 0 Å². The minimum atomic E-state index is -3.86. The van der Waals surface area contributed by atoms with Crippen LogP contribution in [0.2, 0.25) is 0 Å². The number of likely N-dealkylation sites (N-methyl/N-ethyl adjacent to an activating group) is 1. The summed E-state index contributed by atoms with van der Waals surface area (Å²) in [5.74, 6) is 0. The molecule has 0 aromatic heterocycles. The highest BCUT2D eigenvalue weighted by Crippen LogP contribution is 2.31. The van der Waals surface area contributed by atoms with Crippen molar-refractivity contribution in [3.63, 3.8) is 0 Å². The second-order valence-electron chi connectivity index (χ2n) is 6.18. The molecule has 1 aliphatic heterocycles. The molecule has 25 heavy (non-hydrogen) atoms. The van der Waals surface area contributed by atoms with Crippen LogP contribution in [-0.2, 0) is 14.8 Å². The Labute approximate surface area is 147 Å². The minimum absolute atomic E-state index is 0.125. The van der Waals surface area contributed by atoms with E-state index < -0.39 is 21.0 Å². The number of hydrogen-bond donors (Lipinski definition) is 1. The van der Waals surface area contributed by atoms with E-state index in [1.54, 1.807) is 6.92 Å². The highest BCUT2D eigenvalue weighted by atomic mass is 32.2. The first-order chi connectivity index (χ1) is 11.7. The molecule has 10 heteroatoms. The second kappa shape index (κ2) is 8.09. The molecule has 0 unspecified atom stereocenters. The second-order valence-corrected chi connectivity index (χ2v) is 7.89. The maximum atomic E-state index is 12.4. The molecule has 0 saturated carbocycles. The lowest BCUT2D eigenvalue weighted by atomic mass is 10.2. The van der Waals surface area contributed by atoms with Gasteiger partial charge in [-0.2, -0.15) is 0 Å². The predicted octanol–water partition coefficient (Wildman–Crippen LogP) is 0.660. The van der Waals surface area contributed by atoms with E-state index in [0.717, 1.165) is 19.2 Å². The number of nitro benzene ring substituents is 1. The topological polar surface area (TPSA) is 105 Å². The van der Waals surface area contributed by atoms with Gasteiger partial charge in [-0.3, -0.25) is 10.1 Å². The van der Waals surface area contributed by atoms with Crippen LogP contribution >= 0.6 is 0 Å². The maximum Gasteiger partial charge on any atom is 0.293 e. The van der Waals surface area contributed by atoms with Gasteiger partial charge in [-0.1, -0.05) is 0 Å². The zero-order valence-electron chi connectivity index (χ0n) is 14.6. The Morgan fingerprint density at radius 1 is 1.32 bits per heavy atom. The quantitative estimate of drug-likeness (QED) is 0.554. The van der Waals surface area contributed by atoms with Gasteiger partial charge in [0.1, 0.15) is 5.69 Å². The number of methoxy groups -OCH3 is 1. The number of nitrogens with one attached hydrogen (secondary N) is 1. The Balaban J connectivity index is 2.31. The van der Waals surface area contributed by atoms with Gasteiger partial charge in [0, 0.05) is 45.4 Å². The van der Waals surface area contributed by atoms with E-state index in [0.29, 0.717) is 18.8 Å². The van der Waals surface area contributed by atoms with Crippen LogP contribution in [0.5, 0.6) is 0 Å². The van der Waals surface area contributed by atoms with E-state index in [-0.39, 0.29) is 17.2 Å². The number of benzene rings is 1. The van der Waals surface area contributed by atoms with Gasteiger partial charge >= 0.3 is 0 Å². The van der Waals surface area contributed by atoms with Gasteiger partial charge in [-0.05, 0) is 26.1 Å². The van der Waals surface area contributed by atoms with Crippen molar-refractivity contribution in [2.24, 2.45) is 0 Å². The third kappa shape index (κ3) is 4.88. The Bertz CT molecular complexity index is 717. The highest BCUT2D eigenvalue weighted by Gasteiger charge is 2.26. The minimum Gasteiger partial charge on any atom is -0.383 e. The molecular weight excluding hydrogens is 348 g/mol. The molecule has 0 aliphatic carbocycles. The summed E-state index contributed by atoms with van der Waals surface area (Å²) in [5, 5.41) is 11.5. The Hall–Kier alpha value is -1.75. The van der Waals surface area contributed by atoms with Gasteiger partial charge < -0.3 is 14.5 Å². The average Bonchev–Trinajstić information content (AvgIpc) is 2.54. The third-order valence-electron chi connectivity index (χ3n) is 4.07. The average molecular weight is 372 g/mol. The molecule has 140 valence electrons.